The van der Waals surface area contributed by atoms with E-state index in [2.05, 4.69) is 10.3 Å². The van der Waals surface area contributed by atoms with E-state index in [-0.39, 0.29) is 6.04 Å². The molecule has 0 saturated heterocycles. The van der Waals surface area contributed by atoms with Crippen LogP contribution in [0.2, 0.25) is 5.02 Å². The minimum absolute atomic E-state index is 0.238. The van der Waals surface area contributed by atoms with Crippen molar-refractivity contribution in [2.75, 3.05) is 12.4 Å². The summed E-state index contributed by atoms with van der Waals surface area (Å²) >= 11 is 5.90. The highest BCUT2D eigenvalue weighted by Crippen LogP contribution is 2.25. The standard InChI is InChI=1S/C15H14ClFN2O2/c1-9(10-5-12(17)8-18-7-10)19-14-4-3-11(16)6-13(14)15(20)21-2/h3-9,19H,1-2H3. The zero-order valence-corrected chi connectivity index (χ0v) is 12.3. The highest BCUT2D eigenvalue weighted by Gasteiger charge is 2.15. The van der Waals surface area contributed by atoms with Gasteiger partial charge in [0.1, 0.15) is 5.82 Å². The molecule has 2 aromatic rings. The molecule has 1 N–H and O–H groups in total. The highest BCUT2D eigenvalue weighted by atomic mass is 35.5. The fraction of sp³-hybridized carbons (Fsp3) is 0.200. The molecule has 0 aliphatic rings. The van der Waals surface area contributed by atoms with Crippen LogP contribution in [0.3, 0.4) is 0 Å². The molecule has 1 aromatic heterocycles. The van der Waals surface area contributed by atoms with Crippen LogP contribution in [0.25, 0.3) is 0 Å². The van der Waals surface area contributed by atoms with Crippen LogP contribution in [0.1, 0.15) is 28.9 Å². The van der Waals surface area contributed by atoms with E-state index < -0.39 is 11.8 Å². The minimum Gasteiger partial charge on any atom is -0.465 e. The van der Waals surface area contributed by atoms with Crippen LogP contribution in [0.15, 0.2) is 36.7 Å². The molecule has 0 amide bonds. The van der Waals surface area contributed by atoms with E-state index in [9.17, 15) is 9.18 Å². The Balaban J connectivity index is 2.28. The van der Waals surface area contributed by atoms with Gasteiger partial charge in [-0.1, -0.05) is 11.6 Å². The molecule has 0 aliphatic carbocycles. The van der Waals surface area contributed by atoms with Gasteiger partial charge in [-0.05, 0) is 36.8 Å². The molecule has 0 fully saturated rings. The number of aromatic nitrogens is 1. The molecule has 0 saturated carbocycles. The summed E-state index contributed by atoms with van der Waals surface area (Å²) in [5.74, 6) is -0.907. The van der Waals surface area contributed by atoms with Crippen molar-refractivity contribution in [3.63, 3.8) is 0 Å². The number of benzene rings is 1. The van der Waals surface area contributed by atoms with Gasteiger partial charge < -0.3 is 10.1 Å². The molecule has 1 atom stereocenters. The summed E-state index contributed by atoms with van der Waals surface area (Å²) in [4.78, 5) is 15.6. The quantitative estimate of drug-likeness (QED) is 0.872. The fourth-order valence-corrected chi connectivity index (χ4v) is 2.07. The van der Waals surface area contributed by atoms with Crippen LogP contribution in [0.5, 0.6) is 0 Å². The maximum Gasteiger partial charge on any atom is 0.340 e. The molecule has 0 bridgehead atoms. The van der Waals surface area contributed by atoms with Gasteiger partial charge in [0, 0.05) is 16.9 Å². The lowest BCUT2D eigenvalue weighted by Crippen LogP contribution is -2.12. The number of methoxy groups -OCH3 is 1. The minimum atomic E-state index is -0.496. The van der Waals surface area contributed by atoms with E-state index in [1.165, 1.54) is 19.2 Å². The van der Waals surface area contributed by atoms with Crippen molar-refractivity contribution >= 4 is 23.3 Å². The SMILES string of the molecule is COC(=O)c1cc(Cl)ccc1NC(C)c1cncc(F)c1. The van der Waals surface area contributed by atoms with Crippen LogP contribution in [0.4, 0.5) is 10.1 Å². The number of rotatable bonds is 4. The molecule has 21 heavy (non-hydrogen) atoms. The molecule has 4 nitrogen and oxygen atoms in total. The molecule has 1 unspecified atom stereocenters. The maximum atomic E-state index is 13.2. The Morgan fingerprint density at radius 2 is 2.14 bits per heavy atom. The van der Waals surface area contributed by atoms with E-state index in [1.807, 2.05) is 6.92 Å². The molecule has 6 heteroatoms. The third-order valence-electron chi connectivity index (χ3n) is 2.98. The van der Waals surface area contributed by atoms with Gasteiger partial charge in [-0.2, -0.15) is 0 Å². The van der Waals surface area contributed by atoms with Crippen molar-refractivity contribution in [1.29, 1.82) is 0 Å². The van der Waals surface area contributed by atoms with E-state index in [0.29, 0.717) is 21.8 Å². The van der Waals surface area contributed by atoms with E-state index in [1.54, 1.807) is 18.3 Å². The highest BCUT2D eigenvalue weighted by molar-refractivity contribution is 6.31. The van der Waals surface area contributed by atoms with Crippen molar-refractivity contribution in [3.8, 4) is 0 Å². The number of carbonyl (C=O) groups is 1. The number of hydrogen-bond donors (Lipinski definition) is 1. The number of halogens is 2. The zero-order valence-electron chi connectivity index (χ0n) is 11.6. The number of esters is 1. The first kappa shape index (κ1) is 15.3. The summed E-state index contributed by atoms with van der Waals surface area (Å²) in [6.45, 7) is 1.84. The van der Waals surface area contributed by atoms with Gasteiger partial charge in [0.15, 0.2) is 0 Å². The lowest BCUT2D eigenvalue weighted by Gasteiger charge is -2.17. The van der Waals surface area contributed by atoms with Crippen LogP contribution in [-0.2, 0) is 4.74 Å². The molecule has 0 radical (unpaired) electrons. The predicted octanol–water partition coefficient (Wildman–Crippen LogP) is 3.83. The zero-order chi connectivity index (χ0) is 15.4. The predicted molar refractivity (Wildman–Crippen MR) is 79.0 cm³/mol. The summed E-state index contributed by atoms with van der Waals surface area (Å²) < 4.78 is 17.9. The Morgan fingerprint density at radius 3 is 2.81 bits per heavy atom. The summed E-state index contributed by atoms with van der Waals surface area (Å²) in [6.07, 6.45) is 2.70. The molecule has 1 heterocycles. The summed E-state index contributed by atoms with van der Waals surface area (Å²) in [5, 5.41) is 3.56. The van der Waals surface area contributed by atoms with Crippen molar-refractivity contribution in [1.82, 2.24) is 4.98 Å². The average Bonchev–Trinajstić information content (AvgIpc) is 2.48. The van der Waals surface area contributed by atoms with Gasteiger partial charge in [0.2, 0.25) is 0 Å². The molecule has 1 aromatic carbocycles. The Kier molecular flexibility index (Phi) is 4.75. The number of carbonyl (C=O) groups excluding carboxylic acids is 1. The fourth-order valence-electron chi connectivity index (χ4n) is 1.90. The van der Waals surface area contributed by atoms with Crippen molar-refractivity contribution in [2.45, 2.75) is 13.0 Å². The second kappa shape index (κ2) is 6.54. The van der Waals surface area contributed by atoms with Crippen molar-refractivity contribution in [2.24, 2.45) is 0 Å². The first-order chi connectivity index (χ1) is 10.0. The van der Waals surface area contributed by atoms with Crippen LogP contribution < -0.4 is 5.32 Å². The second-order valence-corrected chi connectivity index (χ2v) is 4.92. The molecule has 0 spiro atoms. The van der Waals surface area contributed by atoms with Gasteiger partial charge in [0.05, 0.1) is 24.9 Å². The largest absolute Gasteiger partial charge is 0.465 e. The van der Waals surface area contributed by atoms with E-state index in [0.717, 1.165) is 6.20 Å². The van der Waals surface area contributed by atoms with Crippen molar-refractivity contribution < 1.29 is 13.9 Å². The molecule has 110 valence electrons. The lowest BCUT2D eigenvalue weighted by molar-refractivity contribution is 0.0602. The normalized spacial score (nSPS) is 11.8. The summed E-state index contributed by atoms with van der Waals surface area (Å²) in [5.41, 5.74) is 1.55. The Hall–Kier alpha value is -2.14. The van der Waals surface area contributed by atoms with Gasteiger partial charge in [-0.3, -0.25) is 4.98 Å². The number of nitrogens with zero attached hydrogens (tertiary/aromatic N) is 1. The topological polar surface area (TPSA) is 51.2 Å². The Bertz CT molecular complexity index is 664. The first-order valence-corrected chi connectivity index (χ1v) is 6.64. The Morgan fingerprint density at radius 1 is 1.38 bits per heavy atom. The number of ether oxygens (including phenoxy) is 1. The van der Waals surface area contributed by atoms with Gasteiger partial charge >= 0.3 is 5.97 Å². The summed E-state index contributed by atoms with van der Waals surface area (Å²) in [7, 11) is 1.30. The number of hydrogen-bond acceptors (Lipinski definition) is 4. The lowest BCUT2D eigenvalue weighted by atomic mass is 10.1. The smallest absolute Gasteiger partial charge is 0.340 e. The molecule has 2 rings (SSSR count). The second-order valence-electron chi connectivity index (χ2n) is 4.48. The maximum absolute atomic E-state index is 13.2. The Labute approximate surface area is 126 Å². The average molecular weight is 309 g/mol. The molecular weight excluding hydrogens is 295 g/mol. The van der Waals surface area contributed by atoms with Crippen molar-refractivity contribution in [3.05, 3.63) is 58.6 Å². The first-order valence-electron chi connectivity index (χ1n) is 6.26. The monoisotopic (exact) mass is 308 g/mol. The number of pyridine rings is 1. The van der Waals surface area contributed by atoms with Gasteiger partial charge in [-0.15, -0.1) is 0 Å². The van der Waals surface area contributed by atoms with Gasteiger partial charge in [-0.25, -0.2) is 9.18 Å². The number of nitrogens with one attached hydrogen (secondary N) is 1. The number of anilines is 1. The van der Waals surface area contributed by atoms with E-state index >= 15 is 0 Å². The van der Waals surface area contributed by atoms with Crippen LogP contribution in [0, 0.1) is 5.82 Å². The van der Waals surface area contributed by atoms with Crippen LogP contribution in [-0.4, -0.2) is 18.1 Å². The molecule has 0 aliphatic heterocycles. The third-order valence-corrected chi connectivity index (χ3v) is 3.22. The van der Waals surface area contributed by atoms with E-state index in [4.69, 9.17) is 16.3 Å². The molecular formula is C15H14ClFN2O2. The summed E-state index contributed by atoms with van der Waals surface area (Å²) in [6, 6.07) is 6.01. The van der Waals surface area contributed by atoms with Gasteiger partial charge in [0.25, 0.3) is 0 Å². The van der Waals surface area contributed by atoms with Crippen LogP contribution >= 0.6 is 11.6 Å². The third kappa shape index (κ3) is 3.70.